The van der Waals surface area contributed by atoms with E-state index in [1.165, 1.54) is 0 Å². The maximum absolute atomic E-state index is 12.2. The molecule has 5 nitrogen and oxygen atoms in total. The summed E-state index contributed by atoms with van der Waals surface area (Å²) in [5.41, 5.74) is 3.20. The predicted molar refractivity (Wildman–Crippen MR) is 92.5 cm³/mol. The van der Waals surface area contributed by atoms with Gasteiger partial charge in [0.1, 0.15) is 0 Å². The van der Waals surface area contributed by atoms with E-state index in [0.29, 0.717) is 11.5 Å². The summed E-state index contributed by atoms with van der Waals surface area (Å²) < 4.78 is 11.7. The molecule has 2 aromatic carbocycles. The van der Waals surface area contributed by atoms with E-state index in [4.69, 9.17) is 9.15 Å². The van der Waals surface area contributed by atoms with Crippen molar-refractivity contribution in [2.75, 3.05) is 0 Å². The molecule has 0 spiro atoms. The largest absolute Gasteiger partial charge is 0.452 e. The van der Waals surface area contributed by atoms with Crippen molar-refractivity contribution in [3.8, 4) is 11.5 Å². The van der Waals surface area contributed by atoms with Gasteiger partial charge in [0.05, 0.1) is 11.1 Å². The summed E-state index contributed by atoms with van der Waals surface area (Å²) in [5, 5.41) is 7.92. The third kappa shape index (κ3) is 3.54. The van der Waals surface area contributed by atoms with Gasteiger partial charge in [-0.1, -0.05) is 29.8 Å². The highest BCUT2D eigenvalue weighted by atomic mass is 79.9. The molecule has 1 heterocycles. The Morgan fingerprint density at radius 1 is 1.17 bits per heavy atom. The van der Waals surface area contributed by atoms with Crippen molar-refractivity contribution < 1.29 is 13.9 Å². The molecule has 0 atom stereocenters. The smallest absolute Gasteiger partial charge is 0.338 e. The number of nitrogens with zero attached hydrogens (tertiary/aromatic N) is 2. The molecular formula is C18H15BrN2O3. The fraction of sp³-hybridized carbons (Fsp3) is 0.167. The molecule has 0 radical (unpaired) electrons. The SMILES string of the molecule is Cc1ccc(C)c(C(=O)OCc2nnc(-c3ccccc3Br)o2)c1. The summed E-state index contributed by atoms with van der Waals surface area (Å²) >= 11 is 3.44. The number of hydrogen-bond donors (Lipinski definition) is 0. The van der Waals surface area contributed by atoms with E-state index in [0.717, 1.165) is 21.2 Å². The summed E-state index contributed by atoms with van der Waals surface area (Å²) in [4.78, 5) is 12.2. The normalized spacial score (nSPS) is 10.6. The number of rotatable bonds is 4. The Morgan fingerprint density at radius 2 is 1.96 bits per heavy atom. The van der Waals surface area contributed by atoms with E-state index in [1.807, 2.05) is 50.2 Å². The molecule has 0 fully saturated rings. The number of benzene rings is 2. The van der Waals surface area contributed by atoms with Gasteiger partial charge >= 0.3 is 5.97 Å². The highest BCUT2D eigenvalue weighted by Crippen LogP contribution is 2.26. The molecule has 0 aliphatic heterocycles. The van der Waals surface area contributed by atoms with E-state index in [-0.39, 0.29) is 12.5 Å². The van der Waals surface area contributed by atoms with Crippen molar-refractivity contribution in [3.05, 3.63) is 69.5 Å². The molecule has 0 unspecified atom stereocenters. The maximum Gasteiger partial charge on any atom is 0.338 e. The molecule has 3 aromatic rings. The number of esters is 1. The van der Waals surface area contributed by atoms with Crippen molar-refractivity contribution in [3.63, 3.8) is 0 Å². The van der Waals surface area contributed by atoms with Gasteiger partial charge in [0.25, 0.3) is 5.89 Å². The molecule has 6 heteroatoms. The summed E-state index contributed by atoms with van der Waals surface area (Å²) in [7, 11) is 0. The second-order valence-corrected chi connectivity index (χ2v) is 6.23. The minimum atomic E-state index is -0.406. The Morgan fingerprint density at radius 3 is 2.75 bits per heavy atom. The highest BCUT2D eigenvalue weighted by Gasteiger charge is 2.15. The van der Waals surface area contributed by atoms with Gasteiger partial charge in [-0.05, 0) is 53.5 Å². The monoisotopic (exact) mass is 386 g/mol. The molecule has 1 aromatic heterocycles. The Balaban J connectivity index is 1.71. The van der Waals surface area contributed by atoms with Crippen molar-refractivity contribution in [1.29, 1.82) is 0 Å². The zero-order valence-electron chi connectivity index (χ0n) is 13.2. The quantitative estimate of drug-likeness (QED) is 0.618. The Labute approximate surface area is 147 Å². The highest BCUT2D eigenvalue weighted by molar-refractivity contribution is 9.10. The van der Waals surface area contributed by atoms with Gasteiger partial charge in [0, 0.05) is 4.47 Å². The molecule has 0 saturated carbocycles. The van der Waals surface area contributed by atoms with Gasteiger partial charge in [-0.2, -0.15) is 0 Å². The van der Waals surface area contributed by atoms with Crippen LogP contribution in [0, 0.1) is 13.8 Å². The molecule has 0 amide bonds. The number of hydrogen-bond acceptors (Lipinski definition) is 5. The van der Waals surface area contributed by atoms with Crippen LogP contribution in [0.1, 0.15) is 27.4 Å². The summed E-state index contributed by atoms with van der Waals surface area (Å²) in [5.74, 6) is 0.219. The first-order chi connectivity index (χ1) is 11.5. The standard InChI is InChI=1S/C18H15BrN2O3/c1-11-7-8-12(2)14(9-11)18(22)23-10-16-20-21-17(24-16)13-5-3-4-6-15(13)19/h3-9H,10H2,1-2H3. The van der Waals surface area contributed by atoms with E-state index in [9.17, 15) is 4.79 Å². The average Bonchev–Trinajstić information content (AvgIpc) is 3.04. The maximum atomic E-state index is 12.2. The molecule has 122 valence electrons. The second kappa shape index (κ2) is 6.97. The van der Waals surface area contributed by atoms with Crippen LogP contribution in [0.4, 0.5) is 0 Å². The number of aromatic nitrogens is 2. The molecule has 0 aliphatic carbocycles. The molecule has 24 heavy (non-hydrogen) atoms. The summed E-state index contributed by atoms with van der Waals surface area (Å²) in [6.07, 6.45) is 0. The number of halogens is 1. The van der Waals surface area contributed by atoms with Crippen LogP contribution in [0.3, 0.4) is 0 Å². The lowest BCUT2D eigenvalue weighted by molar-refractivity contribution is 0.0437. The van der Waals surface area contributed by atoms with E-state index < -0.39 is 5.97 Å². The first-order valence-corrected chi connectivity index (χ1v) is 8.15. The second-order valence-electron chi connectivity index (χ2n) is 5.38. The summed E-state index contributed by atoms with van der Waals surface area (Å²) in [6.45, 7) is 3.73. The fourth-order valence-corrected chi connectivity index (χ4v) is 2.67. The van der Waals surface area contributed by atoms with E-state index in [1.54, 1.807) is 6.07 Å². The summed E-state index contributed by atoms with van der Waals surface area (Å²) in [6, 6.07) is 13.2. The van der Waals surface area contributed by atoms with Gasteiger partial charge in [-0.15, -0.1) is 10.2 Å². The average molecular weight is 387 g/mol. The minimum Gasteiger partial charge on any atom is -0.452 e. The van der Waals surface area contributed by atoms with Crippen LogP contribution in [0.15, 0.2) is 51.4 Å². The topological polar surface area (TPSA) is 65.2 Å². The van der Waals surface area contributed by atoms with Crippen LogP contribution in [-0.4, -0.2) is 16.2 Å². The van der Waals surface area contributed by atoms with Gasteiger partial charge in [-0.3, -0.25) is 0 Å². The van der Waals surface area contributed by atoms with Gasteiger partial charge < -0.3 is 9.15 Å². The number of aryl methyl sites for hydroxylation is 2. The number of carbonyl (C=O) groups is 1. The molecule has 0 saturated heterocycles. The number of carbonyl (C=O) groups excluding carboxylic acids is 1. The Bertz CT molecular complexity index is 889. The minimum absolute atomic E-state index is 0.0658. The van der Waals surface area contributed by atoms with E-state index >= 15 is 0 Å². The van der Waals surface area contributed by atoms with Crippen molar-refractivity contribution in [2.24, 2.45) is 0 Å². The van der Waals surface area contributed by atoms with Crippen LogP contribution in [0.25, 0.3) is 11.5 Å². The van der Waals surface area contributed by atoms with E-state index in [2.05, 4.69) is 26.1 Å². The van der Waals surface area contributed by atoms with Crippen LogP contribution in [0.5, 0.6) is 0 Å². The van der Waals surface area contributed by atoms with Gasteiger partial charge in [-0.25, -0.2) is 4.79 Å². The van der Waals surface area contributed by atoms with Gasteiger partial charge in [0.2, 0.25) is 5.89 Å². The zero-order chi connectivity index (χ0) is 17.1. The first kappa shape index (κ1) is 16.4. The van der Waals surface area contributed by atoms with Gasteiger partial charge in [0.15, 0.2) is 6.61 Å². The third-order valence-electron chi connectivity index (χ3n) is 3.51. The van der Waals surface area contributed by atoms with Crippen LogP contribution in [0.2, 0.25) is 0 Å². The first-order valence-electron chi connectivity index (χ1n) is 7.36. The van der Waals surface area contributed by atoms with Crippen molar-refractivity contribution in [2.45, 2.75) is 20.5 Å². The molecular weight excluding hydrogens is 372 g/mol. The predicted octanol–water partition coefficient (Wildman–Crippen LogP) is 4.47. The lowest BCUT2D eigenvalue weighted by Crippen LogP contribution is -2.07. The van der Waals surface area contributed by atoms with Crippen LogP contribution < -0.4 is 0 Å². The van der Waals surface area contributed by atoms with Crippen LogP contribution in [-0.2, 0) is 11.3 Å². The lowest BCUT2D eigenvalue weighted by Gasteiger charge is -2.06. The lowest BCUT2D eigenvalue weighted by atomic mass is 10.1. The molecule has 0 N–H and O–H groups in total. The van der Waals surface area contributed by atoms with Crippen LogP contribution >= 0.6 is 15.9 Å². The zero-order valence-corrected chi connectivity index (χ0v) is 14.8. The molecule has 3 rings (SSSR count). The molecule has 0 aliphatic rings. The van der Waals surface area contributed by atoms with Crippen molar-refractivity contribution >= 4 is 21.9 Å². The Hall–Kier alpha value is -2.47. The third-order valence-corrected chi connectivity index (χ3v) is 4.20. The molecule has 0 bridgehead atoms. The number of ether oxygens (including phenoxy) is 1. The van der Waals surface area contributed by atoms with Crippen molar-refractivity contribution in [1.82, 2.24) is 10.2 Å². The fourth-order valence-electron chi connectivity index (χ4n) is 2.22. The Kier molecular flexibility index (Phi) is 4.76.